The predicted molar refractivity (Wildman–Crippen MR) is 89.1 cm³/mol. The molecule has 0 saturated carbocycles. The lowest BCUT2D eigenvalue weighted by Crippen LogP contribution is -2.43. The molecule has 0 radical (unpaired) electrons. The molecular formula is C15H31NS2. The standard InChI is InChI=1S/C15H31NS2/c1-15(2)14-16(11-13-18-15)10-8-6-4-3-5-7-9-12-17/h17H,3-14H2,1-2H3. The van der Waals surface area contributed by atoms with E-state index in [1.54, 1.807) is 0 Å². The molecule has 1 heterocycles. The van der Waals surface area contributed by atoms with Crippen molar-refractivity contribution in [1.82, 2.24) is 4.90 Å². The van der Waals surface area contributed by atoms with E-state index in [1.807, 2.05) is 0 Å². The van der Waals surface area contributed by atoms with Crippen LogP contribution in [0.1, 0.15) is 58.8 Å². The Kier molecular flexibility index (Phi) is 8.86. The average molecular weight is 290 g/mol. The van der Waals surface area contributed by atoms with Crippen molar-refractivity contribution in [1.29, 1.82) is 0 Å². The lowest BCUT2D eigenvalue weighted by molar-refractivity contribution is 0.254. The molecule has 0 atom stereocenters. The van der Waals surface area contributed by atoms with Crippen LogP contribution in [0.5, 0.6) is 0 Å². The second kappa shape index (κ2) is 9.55. The van der Waals surface area contributed by atoms with Crippen LogP contribution in [0, 0.1) is 0 Å². The van der Waals surface area contributed by atoms with Gasteiger partial charge in [0.2, 0.25) is 0 Å². The number of nitrogens with zero attached hydrogens (tertiary/aromatic N) is 1. The van der Waals surface area contributed by atoms with E-state index in [4.69, 9.17) is 0 Å². The first-order chi connectivity index (χ1) is 8.64. The maximum atomic E-state index is 4.24. The van der Waals surface area contributed by atoms with E-state index in [0.29, 0.717) is 4.75 Å². The van der Waals surface area contributed by atoms with Crippen LogP contribution in [0.25, 0.3) is 0 Å². The van der Waals surface area contributed by atoms with Gasteiger partial charge in [-0.3, -0.25) is 0 Å². The lowest BCUT2D eigenvalue weighted by atomic mass is 10.1. The van der Waals surface area contributed by atoms with Crippen molar-refractivity contribution >= 4 is 24.4 Å². The van der Waals surface area contributed by atoms with Gasteiger partial charge in [0.1, 0.15) is 0 Å². The second-order valence-electron chi connectivity index (χ2n) is 6.08. The smallest absolute Gasteiger partial charge is 0.0231 e. The third-order valence-corrected chi connectivity index (χ3v) is 5.25. The fourth-order valence-corrected chi connectivity index (χ4v) is 4.04. The first kappa shape index (κ1) is 16.7. The van der Waals surface area contributed by atoms with Crippen molar-refractivity contribution in [3.8, 4) is 0 Å². The molecule has 1 nitrogen and oxygen atoms in total. The minimum absolute atomic E-state index is 0.477. The van der Waals surface area contributed by atoms with Crippen LogP contribution in [0.15, 0.2) is 0 Å². The molecule has 0 N–H and O–H groups in total. The van der Waals surface area contributed by atoms with Crippen LogP contribution in [0.4, 0.5) is 0 Å². The zero-order valence-corrected chi connectivity index (χ0v) is 14.0. The van der Waals surface area contributed by atoms with Crippen molar-refractivity contribution in [3.63, 3.8) is 0 Å². The van der Waals surface area contributed by atoms with E-state index in [0.717, 1.165) is 5.75 Å². The number of unbranched alkanes of at least 4 members (excludes halogenated alkanes) is 6. The van der Waals surface area contributed by atoms with E-state index in [2.05, 4.69) is 43.1 Å². The second-order valence-corrected chi connectivity index (χ2v) is 8.33. The van der Waals surface area contributed by atoms with Crippen molar-refractivity contribution in [2.75, 3.05) is 31.1 Å². The average Bonchev–Trinajstić information content (AvgIpc) is 2.31. The topological polar surface area (TPSA) is 3.24 Å². The van der Waals surface area contributed by atoms with Gasteiger partial charge in [0.15, 0.2) is 0 Å². The molecule has 1 aliphatic heterocycles. The largest absolute Gasteiger partial charge is 0.301 e. The first-order valence-electron chi connectivity index (χ1n) is 7.61. The molecule has 0 aromatic heterocycles. The number of thioether (sulfide) groups is 1. The van der Waals surface area contributed by atoms with Crippen LogP contribution in [0.2, 0.25) is 0 Å². The maximum absolute atomic E-state index is 4.24. The quantitative estimate of drug-likeness (QED) is 0.492. The molecule has 3 heteroatoms. The molecular weight excluding hydrogens is 258 g/mol. The van der Waals surface area contributed by atoms with Gasteiger partial charge in [-0.2, -0.15) is 24.4 Å². The normalized spacial score (nSPS) is 20.2. The Bertz CT molecular complexity index is 207. The van der Waals surface area contributed by atoms with Gasteiger partial charge in [0, 0.05) is 23.6 Å². The molecule has 0 bridgehead atoms. The Morgan fingerprint density at radius 2 is 1.61 bits per heavy atom. The van der Waals surface area contributed by atoms with E-state index >= 15 is 0 Å². The highest BCUT2D eigenvalue weighted by atomic mass is 32.2. The first-order valence-corrected chi connectivity index (χ1v) is 9.23. The highest BCUT2D eigenvalue weighted by molar-refractivity contribution is 8.00. The summed E-state index contributed by atoms with van der Waals surface area (Å²) < 4.78 is 0.477. The fourth-order valence-electron chi connectivity index (χ4n) is 2.64. The summed E-state index contributed by atoms with van der Waals surface area (Å²) in [6, 6.07) is 0. The van der Waals surface area contributed by atoms with Gasteiger partial charge in [-0.05, 0) is 39.0 Å². The molecule has 18 heavy (non-hydrogen) atoms. The van der Waals surface area contributed by atoms with Gasteiger partial charge in [-0.1, -0.05) is 32.1 Å². The van der Waals surface area contributed by atoms with Gasteiger partial charge in [0.05, 0.1) is 0 Å². The molecule has 0 amide bonds. The summed E-state index contributed by atoms with van der Waals surface area (Å²) in [5.74, 6) is 2.37. The third-order valence-electron chi connectivity index (χ3n) is 3.64. The molecule has 1 fully saturated rings. The summed E-state index contributed by atoms with van der Waals surface area (Å²) in [6.45, 7) is 8.66. The molecule has 0 aromatic rings. The summed E-state index contributed by atoms with van der Waals surface area (Å²) in [5.41, 5.74) is 0. The van der Waals surface area contributed by atoms with Crippen LogP contribution in [0.3, 0.4) is 0 Å². The molecule has 1 rings (SSSR count). The van der Waals surface area contributed by atoms with E-state index in [1.165, 1.54) is 70.3 Å². The maximum Gasteiger partial charge on any atom is 0.0231 e. The molecule has 1 saturated heterocycles. The van der Waals surface area contributed by atoms with Crippen LogP contribution < -0.4 is 0 Å². The van der Waals surface area contributed by atoms with Crippen molar-refractivity contribution in [3.05, 3.63) is 0 Å². The number of hydrogen-bond donors (Lipinski definition) is 1. The van der Waals surface area contributed by atoms with Gasteiger partial charge in [0.25, 0.3) is 0 Å². The summed E-state index contributed by atoms with van der Waals surface area (Å²) in [4.78, 5) is 2.66. The van der Waals surface area contributed by atoms with E-state index < -0.39 is 0 Å². The lowest BCUT2D eigenvalue weighted by Gasteiger charge is -2.37. The number of thiol groups is 1. The van der Waals surface area contributed by atoms with Crippen LogP contribution in [-0.4, -0.2) is 40.8 Å². The monoisotopic (exact) mass is 289 g/mol. The van der Waals surface area contributed by atoms with Crippen LogP contribution in [-0.2, 0) is 0 Å². The zero-order valence-electron chi connectivity index (χ0n) is 12.3. The Morgan fingerprint density at radius 3 is 2.22 bits per heavy atom. The van der Waals surface area contributed by atoms with Gasteiger partial charge < -0.3 is 4.90 Å². The van der Waals surface area contributed by atoms with Crippen molar-refractivity contribution in [2.45, 2.75) is 63.5 Å². The Labute approximate surface area is 124 Å². The Hall–Kier alpha value is 0.660. The molecule has 0 aliphatic carbocycles. The molecule has 0 unspecified atom stereocenters. The fraction of sp³-hybridized carbons (Fsp3) is 1.00. The Morgan fingerprint density at radius 1 is 1.00 bits per heavy atom. The number of hydrogen-bond acceptors (Lipinski definition) is 3. The zero-order chi connectivity index (χ0) is 13.3. The molecule has 0 aromatic carbocycles. The van der Waals surface area contributed by atoms with Crippen LogP contribution >= 0.6 is 24.4 Å². The van der Waals surface area contributed by atoms with E-state index in [-0.39, 0.29) is 0 Å². The summed E-state index contributed by atoms with van der Waals surface area (Å²) in [7, 11) is 0. The predicted octanol–water partition coefficient (Wildman–Crippen LogP) is 4.47. The molecule has 0 spiro atoms. The Balaban J connectivity index is 1.91. The minimum Gasteiger partial charge on any atom is -0.301 e. The summed E-state index contributed by atoms with van der Waals surface area (Å²) >= 11 is 6.38. The molecule has 1 aliphatic rings. The number of rotatable bonds is 9. The van der Waals surface area contributed by atoms with E-state index in [9.17, 15) is 0 Å². The summed E-state index contributed by atoms with van der Waals surface area (Å²) in [5, 5.41) is 0. The summed E-state index contributed by atoms with van der Waals surface area (Å²) in [6.07, 6.45) is 9.75. The highest BCUT2D eigenvalue weighted by Gasteiger charge is 2.26. The van der Waals surface area contributed by atoms with Gasteiger partial charge in [-0.25, -0.2) is 0 Å². The van der Waals surface area contributed by atoms with Gasteiger partial charge >= 0.3 is 0 Å². The van der Waals surface area contributed by atoms with Gasteiger partial charge in [-0.15, -0.1) is 0 Å². The third kappa shape index (κ3) is 7.96. The van der Waals surface area contributed by atoms with Crippen molar-refractivity contribution < 1.29 is 0 Å². The minimum atomic E-state index is 0.477. The SMILES string of the molecule is CC1(C)CN(CCCCCCCCCS)CCS1. The molecule has 108 valence electrons. The highest BCUT2D eigenvalue weighted by Crippen LogP contribution is 2.29. The van der Waals surface area contributed by atoms with Crippen molar-refractivity contribution in [2.24, 2.45) is 0 Å².